The van der Waals surface area contributed by atoms with E-state index < -0.39 is 0 Å². The minimum Gasteiger partial charge on any atom is -0.337 e. The Morgan fingerprint density at radius 2 is 1.73 bits per heavy atom. The summed E-state index contributed by atoms with van der Waals surface area (Å²) in [6, 6.07) is 20.1. The molecule has 139 valence electrons. The van der Waals surface area contributed by atoms with Crippen LogP contribution in [0.25, 0.3) is 27.5 Å². The molecule has 0 aliphatic carbocycles. The van der Waals surface area contributed by atoms with E-state index in [0.29, 0.717) is 0 Å². The van der Waals surface area contributed by atoms with Gasteiger partial charge in [0.25, 0.3) is 0 Å². The smallest absolute Gasteiger partial charge is 0.196 e. The number of benzene rings is 2. The molecule has 2 aromatic carbocycles. The normalized spacial score (nSPS) is 10.7. The zero-order valence-corrected chi connectivity index (χ0v) is 22.1. The number of fused-ring (bicyclic) bond motifs is 5. The number of hydrogen-bond acceptors (Lipinski definition) is 1. The standard InChI is InChI=1S/C19H17N2.CH3BI.2Ir/c1-19(2,3)17-12-13-8-4-5-9-14(13)18-20-15-10-6-7-11-16(15)21(17)18;1-2-3;;/h4-8,10-12H,1-3H3;1H3;;/q-1;;;. The van der Waals surface area contributed by atoms with Crippen molar-refractivity contribution in [3.05, 3.63) is 60.3 Å². The van der Waals surface area contributed by atoms with E-state index in [1.165, 1.54) is 11.1 Å². The fourth-order valence-corrected chi connectivity index (χ4v) is 2.97. The molecule has 0 fully saturated rings. The van der Waals surface area contributed by atoms with Crippen molar-refractivity contribution >= 4 is 55.0 Å². The summed E-state index contributed by atoms with van der Waals surface area (Å²) in [5.74, 6) is 0. The number of pyridine rings is 1. The predicted molar refractivity (Wildman–Crippen MR) is 113 cm³/mol. The maximum atomic E-state index is 4.85. The van der Waals surface area contributed by atoms with Crippen LogP contribution in [-0.4, -0.2) is 14.5 Å². The molecule has 0 bridgehead atoms. The number of hydrogen-bond donors (Lipinski definition) is 0. The van der Waals surface area contributed by atoms with Crippen molar-refractivity contribution in [2.75, 3.05) is 0 Å². The van der Waals surface area contributed by atoms with E-state index in [1.807, 2.05) is 30.2 Å². The van der Waals surface area contributed by atoms with Crippen LogP contribution in [0.2, 0.25) is 6.82 Å². The summed E-state index contributed by atoms with van der Waals surface area (Å²) in [6.07, 6.45) is 0. The molecular formula is C20H20BIIr2N2-. The van der Waals surface area contributed by atoms with Gasteiger partial charge >= 0.3 is 0 Å². The second-order valence-electron chi connectivity index (χ2n) is 6.76. The molecule has 0 amide bonds. The molecule has 6 heteroatoms. The monoisotopic (exact) mass is 812 g/mol. The molecule has 26 heavy (non-hydrogen) atoms. The number of nitrogens with zero attached hydrogens (tertiary/aromatic N) is 2. The summed E-state index contributed by atoms with van der Waals surface area (Å²) in [7, 11) is 0. The summed E-state index contributed by atoms with van der Waals surface area (Å²) in [5, 5.41) is 4.25. The van der Waals surface area contributed by atoms with Crippen molar-refractivity contribution in [2.24, 2.45) is 0 Å². The van der Waals surface area contributed by atoms with Gasteiger partial charge < -0.3 is 4.40 Å². The van der Waals surface area contributed by atoms with Crippen LogP contribution in [0.1, 0.15) is 26.5 Å². The van der Waals surface area contributed by atoms with Gasteiger partial charge in [0, 0.05) is 51.3 Å². The van der Waals surface area contributed by atoms with E-state index >= 15 is 0 Å². The third kappa shape index (κ3) is 4.59. The second kappa shape index (κ2) is 9.79. The molecule has 4 aromatic rings. The number of aromatic nitrogens is 2. The van der Waals surface area contributed by atoms with Crippen molar-refractivity contribution < 1.29 is 40.2 Å². The number of halogens is 1. The zero-order valence-electron chi connectivity index (χ0n) is 15.1. The third-order valence-corrected chi connectivity index (χ3v) is 3.97. The van der Waals surface area contributed by atoms with Gasteiger partial charge in [-0.1, -0.05) is 45.8 Å². The molecule has 0 aliphatic rings. The van der Waals surface area contributed by atoms with Gasteiger partial charge in [-0.2, -0.15) is 22.4 Å². The van der Waals surface area contributed by atoms with E-state index in [2.05, 4.69) is 83.9 Å². The Morgan fingerprint density at radius 1 is 1.08 bits per heavy atom. The second-order valence-corrected chi connectivity index (χ2v) is 8.00. The Labute approximate surface area is 196 Å². The predicted octanol–water partition coefficient (Wildman–Crippen LogP) is 5.82. The van der Waals surface area contributed by atoms with Crippen LogP contribution in [0.4, 0.5) is 0 Å². The van der Waals surface area contributed by atoms with Crippen LogP contribution >= 0.6 is 22.4 Å². The molecule has 4 rings (SSSR count). The molecule has 0 spiro atoms. The van der Waals surface area contributed by atoms with Crippen LogP contribution in [0.15, 0.2) is 48.5 Å². The third-order valence-electron chi connectivity index (χ3n) is 3.97. The van der Waals surface area contributed by atoms with E-state index in [1.54, 1.807) is 0 Å². The van der Waals surface area contributed by atoms with E-state index in [-0.39, 0.29) is 45.6 Å². The van der Waals surface area contributed by atoms with E-state index in [9.17, 15) is 0 Å². The van der Waals surface area contributed by atoms with Crippen LogP contribution in [0.5, 0.6) is 0 Å². The molecule has 2 heterocycles. The molecule has 3 radical (unpaired) electrons. The molecule has 0 unspecified atom stereocenters. The topological polar surface area (TPSA) is 17.3 Å². The molecule has 2 aromatic heterocycles. The van der Waals surface area contributed by atoms with Gasteiger partial charge in [0.2, 0.25) is 0 Å². The molecule has 0 saturated carbocycles. The van der Waals surface area contributed by atoms with Gasteiger partial charge in [0.15, 0.2) is 5.14 Å². The van der Waals surface area contributed by atoms with Crippen molar-refractivity contribution in [1.29, 1.82) is 0 Å². The fourth-order valence-electron chi connectivity index (χ4n) is 2.97. The molecule has 0 saturated heterocycles. The Morgan fingerprint density at radius 3 is 2.38 bits per heavy atom. The van der Waals surface area contributed by atoms with Crippen molar-refractivity contribution in [3.8, 4) is 0 Å². The summed E-state index contributed by atoms with van der Waals surface area (Å²) >= 11 is 2.16. The van der Waals surface area contributed by atoms with Crippen LogP contribution in [-0.2, 0) is 45.6 Å². The van der Waals surface area contributed by atoms with Gasteiger partial charge in [-0.25, -0.2) is 0 Å². The number of para-hydroxylation sites is 2. The summed E-state index contributed by atoms with van der Waals surface area (Å²) < 4.78 is 2.29. The average molecular weight is 811 g/mol. The Bertz CT molecular complexity index is 1010. The maximum absolute atomic E-state index is 4.85. The van der Waals surface area contributed by atoms with Crippen molar-refractivity contribution in [1.82, 2.24) is 9.38 Å². The summed E-state index contributed by atoms with van der Waals surface area (Å²) in [6.45, 7) is 8.72. The SMILES string of the molecule is CC(C)(C)c1cc2ccc[c-]c2c2nc3ccccc3n12.C[B]I.[Ir].[Ir]. The summed E-state index contributed by atoms with van der Waals surface area (Å²) in [5.41, 5.74) is 4.52. The van der Waals surface area contributed by atoms with Crippen LogP contribution < -0.4 is 0 Å². The number of rotatable bonds is 0. The Hall–Kier alpha value is -0.256. The van der Waals surface area contributed by atoms with E-state index in [4.69, 9.17) is 4.98 Å². The summed E-state index contributed by atoms with van der Waals surface area (Å²) in [4.78, 5) is 4.85. The molecule has 0 atom stereocenters. The van der Waals surface area contributed by atoms with E-state index in [0.717, 1.165) is 22.1 Å². The van der Waals surface area contributed by atoms with Gasteiger partial charge in [0.05, 0.1) is 16.7 Å². The van der Waals surface area contributed by atoms with Gasteiger partial charge in [-0.3, -0.25) is 4.98 Å². The quantitative estimate of drug-likeness (QED) is 0.125. The first-order chi connectivity index (χ1) is 11.5. The largest absolute Gasteiger partial charge is 0.337 e. The minimum absolute atomic E-state index is 0. The first-order valence-corrected chi connectivity index (χ1v) is 9.31. The van der Waals surface area contributed by atoms with Gasteiger partial charge in [-0.15, -0.1) is 35.0 Å². The van der Waals surface area contributed by atoms with Crippen LogP contribution in [0, 0.1) is 6.07 Å². The Kier molecular flexibility index (Phi) is 8.96. The molecule has 2 nitrogen and oxygen atoms in total. The fraction of sp³-hybridized carbons (Fsp3) is 0.250. The molecule has 0 N–H and O–H groups in total. The van der Waals surface area contributed by atoms with Crippen molar-refractivity contribution in [3.63, 3.8) is 0 Å². The van der Waals surface area contributed by atoms with Gasteiger partial charge in [-0.05, 0) is 12.1 Å². The van der Waals surface area contributed by atoms with Crippen LogP contribution in [0.3, 0.4) is 0 Å². The first-order valence-electron chi connectivity index (χ1n) is 8.06. The van der Waals surface area contributed by atoms with Crippen molar-refractivity contribution in [2.45, 2.75) is 33.0 Å². The Balaban J connectivity index is 0.000000635. The minimum atomic E-state index is 0. The maximum Gasteiger partial charge on any atom is 0.196 e. The first kappa shape index (κ1) is 23.8. The molecular weight excluding hydrogens is 790 g/mol. The molecule has 0 aliphatic heterocycles. The zero-order chi connectivity index (χ0) is 17.3. The van der Waals surface area contributed by atoms with Gasteiger partial charge in [0.1, 0.15) is 0 Å². The number of imidazole rings is 1. The average Bonchev–Trinajstić information content (AvgIpc) is 2.93.